The molecule has 2 aliphatic rings. The van der Waals surface area contributed by atoms with Gasteiger partial charge in [-0.05, 0) is 63.9 Å². The van der Waals surface area contributed by atoms with E-state index in [0.29, 0.717) is 17.2 Å². The molecule has 1 aromatic heterocycles. The average molecular weight is 322 g/mol. The standard InChI is InChI=1S/C17H26N2O2S/c1-12-9-16(13(2)21-12)17(20)18-10-14-3-6-19(7-4-14)15-5-8-22-11-15/h9,14-15H,3-8,10-11H2,1-2H3,(H,18,20)/t15-/m0/s1. The first-order valence-electron chi connectivity index (χ1n) is 8.30. The number of likely N-dealkylation sites (tertiary alicyclic amines) is 1. The zero-order chi connectivity index (χ0) is 15.5. The number of hydrogen-bond donors (Lipinski definition) is 1. The lowest BCUT2D eigenvalue weighted by molar-refractivity contribution is 0.0927. The van der Waals surface area contributed by atoms with E-state index in [9.17, 15) is 4.79 Å². The van der Waals surface area contributed by atoms with Crippen molar-refractivity contribution < 1.29 is 9.21 Å². The van der Waals surface area contributed by atoms with Gasteiger partial charge in [0.15, 0.2) is 0 Å². The molecule has 0 aliphatic carbocycles. The molecule has 22 heavy (non-hydrogen) atoms. The van der Waals surface area contributed by atoms with Crippen molar-refractivity contribution in [2.45, 2.75) is 39.2 Å². The molecule has 0 radical (unpaired) electrons. The minimum absolute atomic E-state index is 0.00368. The number of carbonyl (C=O) groups is 1. The van der Waals surface area contributed by atoms with E-state index in [4.69, 9.17) is 4.42 Å². The number of nitrogens with zero attached hydrogens (tertiary/aromatic N) is 1. The SMILES string of the molecule is Cc1cc(C(=O)NCC2CCN([C@H]3CCSC3)CC2)c(C)o1. The van der Waals surface area contributed by atoms with Crippen molar-refractivity contribution in [1.82, 2.24) is 10.2 Å². The van der Waals surface area contributed by atoms with Crippen LogP contribution in [0.2, 0.25) is 0 Å². The minimum Gasteiger partial charge on any atom is -0.466 e. The average Bonchev–Trinajstić information content (AvgIpc) is 3.15. The summed E-state index contributed by atoms with van der Waals surface area (Å²) in [5.41, 5.74) is 0.679. The topological polar surface area (TPSA) is 45.5 Å². The Bertz CT molecular complexity index is 515. The Hall–Kier alpha value is -0.940. The lowest BCUT2D eigenvalue weighted by atomic mass is 9.95. The van der Waals surface area contributed by atoms with Crippen molar-refractivity contribution in [2.24, 2.45) is 5.92 Å². The Morgan fingerprint density at radius 1 is 1.36 bits per heavy atom. The maximum Gasteiger partial charge on any atom is 0.254 e. The predicted octanol–water partition coefficient (Wildman–Crippen LogP) is 2.84. The van der Waals surface area contributed by atoms with Gasteiger partial charge in [0.1, 0.15) is 11.5 Å². The highest BCUT2D eigenvalue weighted by Crippen LogP contribution is 2.26. The van der Waals surface area contributed by atoms with Crippen LogP contribution in [0.5, 0.6) is 0 Å². The predicted molar refractivity (Wildman–Crippen MR) is 90.5 cm³/mol. The zero-order valence-electron chi connectivity index (χ0n) is 13.6. The Morgan fingerprint density at radius 3 is 2.73 bits per heavy atom. The number of amides is 1. The molecule has 2 saturated heterocycles. The molecule has 1 atom stereocenters. The fourth-order valence-electron chi connectivity index (χ4n) is 3.52. The van der Waals surface area contributed by atoms with Crippen LogP contribution in [-0.2, 0) is 0 Å². The van der Waals surface area contributed by atoms with Crippen LogP contribution in [0.3, 0.4) is 0 Å². The van der Waals surface area contributed by atoms with E-state index in [1.165, 1.54) is 43.9 Å². The lowest BCUT2D eigenvalue weighted by Crippen LogP contribution is -2.43. The lowest BCUT2D eigenvalue weighted by Gasteiger charge is -2.35. The van der Waals surface area contributed by atoms with E-state index in [-0.39, 0.29) is 5.91 Å². The van der Waals surface area contributed by atoms with Crippen LogP contribution < -0.4 is 5.32 Å². The molecule has 0 aromatic carbocycles. The number of piperidine rings is 1. The van der Waals surface area contributed by atoms with E-state index in [0.717, 1.165) is 18.3 Å². The van der Waals surface area contributed by atoms with Crippen LogP contribution in [0.4, 0.5) is 0 Å². The van der Waals surface area contributed by atoms with Gasteiger partial charge in [-0.3, -0.25) is 9.69 Å². The molecule has 0 unspecified atom stereocenters. The number of furan rings is 1. The third-order valence-electron chi connectivity index (χ3n) is 4.91. The molecule has 0 spiro atoms. The fraction of sp³-hybridized carbons (Fsp3) is 0.706. The highest BCUT2D eigenvalue weighted by molar-refractivity contribution is 7.99. The van der Waals surface area contributed by atoms with Crippen LogP contribution >= 0.6 is 11.8 Å². The molecule has 5 heteroatoms. The van der Waals surface area contributed by atoms with Crippen LogP contribution in [0.15, 0.2) is 10.5 Å². The molecule has 122 valence electrons. The van der Waals surface area contributed by atoms with Gasteiger partial charge < -0.3 is 9.73 Å². The molecule has 3 heterocycles. The number of carbonyl (C=O) groups excluding carboxylic acids is 1. The van der Waals surface area contributed by atoms with Gasteiger partial charge in [-0.2, -0.15) is 11.8 Å². The molecule has 0 saturated carbocycles. The van der Waals surface area contributed by atoms with Crippen molar-refractivity contribution in [3.05, 3.63) is 23.2 Å². The van der Waals surface area contributed by atoms with Crippen molar-refractivity contribution >= 4 is 17.7 Å². The Morgan fingerprint density at radius 2 is 2.14 bits per heavy atom. The van der Waals surface area contributed by atoms with Crippen LogP contribution in [-0.4, -0.2) is 48.0 Å². The van der Waals surface area contributed by atoms with Crippen molar-refractivity contribution in [3.8, 4) is 0 Å². The summed E-state index contributed by atoms with van der Waals surface area (Å²) in [7, 11) is 0. The number of aryl methyl sites for hydroxylation is 2. The summed E-state index contributed by atoms with van der Waals surface area (Å²) in [6.07, 6.45) is 3.75. The normalized spacial score (nSPS) is 23.8. The Kier molecular flexibility index (Phi) is 5.14. The minimum atomic E-state index is 0.00368. The van der Waals surface area contributed by atoms with E-state index in [1.54, 1.807) is 0 Å². The monoisotopic (exact) mass is 322 g/mol. The smallest absolute Gasteiger partial charge is 0.254 e. The summed E-state index contributed by atoms with van der Waals surface area (Å²) in [6, 6.07) is 2.63. The summed E-state index contributed by atoms with van der Waals surface area (Å²) in [5.74, 6) is 4.76. The number of nitrogens with one attached hydrogen (secondary N) is 1. The molecule has 1 N–H and O–H groups in total. The van der Waals surface area contributed by atoms with Crippen LogP contribution in [0, 0.1) is 19.8 Å². The quantitative estimate of drug-likeness (QED) is 0.926. The second-order valence-electron chi connectivity index (χ2n) is 6.53. The second kappa shape index (κ2) is 7.09. The number of thioether (sulfide) groups is 1. The van der Waals surface area contributed by atoms with Gasteiger partial charge in [-0.1, -0.05) is 0 Å². The van der Waals surface area contributed by atoms with Crippen molar-refractivity contribution in [2.75, 3.05) is 31.1 Å². The maximum absolute atomic E-state index is 12.2. The van der Waals surface area contributed by atoms with Gasteiger partial charge in [0, 0.05) is 18.3 Å². The molecular weight excluding hydrogens is 296 g/mol. The van der Waals surface area contributed by atoms with Gasteiger partial charge in [0.2, 0.25) is 0 Å². The maximum atomic E-state index is 12.2. The Labute approximate surface area is 137 Å². The van der Waals surface area contributed by atoms with Gasteiger partial charge >= 0.3 is 0 Å². The summed E-state index contributed by atoms with van der Waals surface area (Å²) < 4.78 is 5.43. The molecule has 2 fully saturated rings. The van der Waals surface area contributed by atoms with E-state index >= 15 is 0 Å². The van der Waals surface area contributed by atoms with Gasteiger partial charge in [0.05, 0.1) is 5.56 Å². The van der Waals surface area contributed by atoms with Gasteiger partial charge in [0.25, 0.3) is 5.91 Å². The van der Waals surface area contributed by atoms with Crippen molar-refractivity contribution in [3.63, 3.8) is 0 Å². The molecule has 1 aromatic rings. The summed E-state index contributed by atoms with van der Waals surface area (Å²) in [6.45, 7) is 6.89. The third-order valence-corrected chi connectivity index (χ3v) is 6.05. The first-order chi connectivity index (χ1) is 10.6. The van der Waals surface area contributed by atoms with E-state index in [2.05, 4.69) is 22.0 Å². The highest BCUT2D eigenvalue weighted by atomic mass is 32.2. The molecule has 0 bridgehead atoms. The number of rotatable bonds is 4. The Balaban J connectivity index is 1.43. The highest BCUT2D eigenvalue weighted by Gasteiger charge is 2.27. The van der Waals surface area contributed by atoms with Gasteiger partial charge in [-0.15, -0.1) is 0 Å². The summed E-state index contributed by atoms with van der Waals surface area (Å²) >= 11 is 2.08. The summed E-state index contributed by atoms with van der Waals surface area (Å²) in [4.78, 5) is 14.9. The first-order valence-corrected chi connectivity index (χ1v) is 9.46. The zero-order valence-corrected chi connectivity index (χ0v) is 14.4. The largest absolute Gasteiger partial charge is 0.466 e. The van der Waals surface area contributed by atoms with Crippen LogP contribution in [0.1, 0.15) is 41.1 Å². The molecule has 3 rings (SSSR count). The fourth-order valence-corrected chi connectivity index (χ4v) is 4.78. The van der Waals surface area contributed by atoms with Crippen molar-refractivity contribution in [1.29, 1.82) is 0 Å². The molecule has 1 amide bonds. The molecule has 4 nitrogen and oxygen atoms in total. The third kappa shape index (κ3) is 3.69. The second-order valence-corrected chi connectivity index (χ2v) is 7.68. The summed E-state index contributed by atoms with van der Waals surface area (Å²) in [5, 5.41) is 3.09. The molecule has 2 aliphatic heterocycles. The number of hydrogen-bond acceptors (Lipinski definition) is 4. The first kappa shape index (κ1) is 15.9. The van der Waals surface area contributed by atoms with Crippen LogP contribution in [0.25, 0.3) is 0 Å². The van der Waals surface area contributed by atoms with E-state index < -0.39 is 0 Å². The van der Waals surface area contributed by atoms with E-state index in [1.807, 2.05) is 19.9 Å². The van der Waals surface area contributed by atoms with Gasteiger partial charge in [-0.25, -0.2) is 0 Å². The molecular formula is C17H26N2O2S.